The lowest BCUT2D eigenvalue weighted by atomic mass is 10.1. The zero-order chi connectivity index (χ0) is 18.9. The van der Waals surface area contributed by atoms with Crippen LogP contribution in [0.3, 0.4) is 0 Å². The van der Waals surface area contributed by atoms with Crippen molar-refractivity contribution in [3.8, 4) is 5.75 Å². The van der Waals surface area contributed by atoms with Gasteiger partial charge in [-0.15, -0.1) is 0 Å². The molecule has 0 aromatic heterocycles. The van der Waals surface area contributed by atoms with Crippen molar-refractivity contribution in [1.82, 2.24) is 5.32 Å². The summed E-state index contributed by atoms with van der Waals surface area (Å²) in [6, 6.07) is 16.6. The molecule has 144 valence electrons. The Morgan fingerprint density at radius 1 is 1.00 bits per heavy atom. The molecule has 1 N–H and O–H groups in total. The number of aryl methyl sites for hydroxylation is 2. The summed E-state index contributed by atoms with van der Waals surface area (Å²) >= 11 is 0. The molecule has 1 heterocycles. The van der Waals surface area contributed by atoms with Gasteiger partial charge in [-0.25, -0.2) is 0 Å². The standard InChI is InChI=1S/C23H30N2O2/c1-19-7-13-22(14-8-19)27-18-23(26)24-15-5-6-20-9-11-21(12-10-20)25-16-3-2-4-17-25/h7-14H,2-6,15-18H2,1H3,(H,24,26). The van der Waals surface area contributed by atoms with Gasteiger partial charge in [-0.05, 0) is 68.9 Å². The van der Waals surface area contributed by atoms with Crippen LogP contribution in [0.5, 0.6) is 5.75 Å². The second kappa shape index (κ2) is 10.0. The van der Waals surface area contributed by atoms with Crippen molar-refractivity contribution in [3.63, 3.8) is 0 Å². The highest BCUT2D eigenvalue weighted by atomic mass is 16.5. The lowest BCUT2D eigenvalue weighted by Crippen LogP contribution is -2.30. The number of hydrogen-bond acceptors (Lipinski definition) is 3. The van der Waals surface area contributed by atoms with E-state index in [0.717, 1.165) is 18.6 Å². The van der Waals surface area contributed by atoms with Crippen LogP contribution in [0.25, 0.3) is 0 Å². The molecule has 0 spiro atoms. The highest BCUT2D eigenvalue weighted by Crippen LogP contribution is 2.20. The van der Waals surface area contributed by atoms with Crippen LogP contribution in [0.2, 0.25) is 0 Å². The Morgan fingerprint density at radius 2 is 1.70 bits per heavy atom. The number of nitrogens with one attached hydrogen (secondary N) is 1. The van der Waals surface area contributed by atoms with E-state index in [2.05, 4.69) is 34.5 Å². The van der Waals surface area contributed by atoms with Crippen molar-refractivity contribution in [3.05, 3.63) is 59.7 Å². The van der Waals surface area contributed by atoms with E-state index in [1.54, 1.807) is 0 Å². The molecule has 0 aliphatic carbocycles. The van der Waals surface area contributed by atoms with E-state index in [9.17, 15) is 4.79 Å². The number of benzene rings is 2. The molecule has 27 heavy (non-hydrogen) atoms. The number of carbonyl (C=O) groups excluding carboxylic acids is 1. The maximum atomic E-state index is 11.9. The first-order chi connectivity index (χ1) is 13.2. The lowest BCUT2D eigenvalue weighted by molar-refractivity contribution is -0.123. The topological polar surface area (TPSA) is 41.6 Å². The lowest BCUT2D eigenvalue weighted by Gasteiger charge is -2.28. The number of ether oxygens (including phenoxy) is 1. The Morgan fingerprint density at radius 3 is 2.41 bits per heavy atom. The van der Waals surface area contributed by atoms with Crippen LogP contribution in [0.15, 0.2) is 48.5 Å². The summed E-state index contributed by atoms with van der Waals surface area (Å²) in [6.07, 6.45) is 5.86. The van der Waals surface area contributed by atoms with E-state index in [1.165, 1.54) is 49.2 Å². The summed E-state index contributed by atoms with van der Waals surface area (Å²) in [5.74, 6) is 0.653. The summed E-state index contributed by atoms with van der Waals surface area (Å²) in [7, 11) is 0. The summed E-state index contributed by atoms with van der Waals surface area (Å²) in [5.41, 5.74) is 3.83. The first-order valence-corrected chi connectivity index (χ1v) is 10.0. The molecule has 0 bridgehead atoms. The molecule has 1 amide bonds. The van der Waals surface area contributed by atoms with Crippen LogP contribution in [0, 0.1) is 6.92 Å². The summed E-state index contributed by atoms with van der Waals surface area (Å²) in [5, 5.41) is 2.93. The van der Waals surface area contributed by atoms with Crippen LogP contribution < -0.4 is 15.0 Å². The number of anilines is 1. The van der Waals surface area contributed by atoms with Gasteiger partial charge in [0.1, 0.15) is 5.75 Å². The van der Waals surface area contributed by atoms with E-state index >= 15 is 0 Å². The van der Waals surface area contributed by atoms with Crippen molar-refractivity contribution < 1.29 is 9.53 Å². The van der Waals surface area contributed by atoms with Gasteiger partial charge < -0.3 is 15.0 Å². The van der Waals surface area contributed by atoms with Crippen LogP contribution in [0.4, 0.5) is 5.69 Å². The first kappa shape index (κ1) is 19.3. The molecule has 1 aliphatic heterocycles. The molecular formula is C23H30N2O2. The average Bonchev–Trinajstić information content (AvgIpc) is 2.72. The maximum absolute atomic E-state index is 11.9. The highest BCUT2D eigenvalue weighted by molar-refractivity contribution is 5.77. The normalized spacial score (nSPS) is 14.0. The highest BCUT2D eigenvalue weighted by Gasteiger charge is 2.10. The van der Waals surface area contributed by atoms with Crippen LogP contribution in [-0.2, 0) is 11.2 Å². The third-order valence-corrected chi connectivity index (χ3v) is 5.01. The van der Waals surface area contributed by atoms with Crippen molar-refractivity contribution in [2.24, 2.45) is 0 Å². The Hall–Kier alpha value is -2.49. The zero-order valence-electron chi connectivity index (χ0n) is 16.2. The number of rotatable bonds is 8. The third-order valence-electron chi connectivity index (χ3n) is 5.01. The van der Waals surface area contributed by atoms with Gasteiger partial charge in [-0.3, -0.25) is 4.79 Å². The molecule has 1 fully saturated rings. The average molecular weight is 367 g/mol. The van der Waals surface area contributed by atoms with Gasteiger partial charge in [-0.2, -0.15) is 0 Å². The first-order valence-electron chi connectivity index (χ1n) is 10.0. The maximum Gasteiger partial charge on any atom is 0.257 e. The molecule has 0 atom stereocenters. The van der Waals surface area contributed by atoms with Gasteiger partial charge in [0, 0.05) is 25.3 Å². The van der Waals surface area contributed by atoms with Crippen molar-refractivity contribution >= 4 is 11.6 Å². The summed E-state index contributed by atoms with van der Waals surface area (Å²) in [4.78, 5) is 14.3. The number of hydrogen-bond donors (Lipinski definition) is 1. The van der Waals surface area contributed by atoms with Gasteiger partial charge >= 0.3 is 0 Å². The molecule has 2 aromatic rings. The summed E-state index contributed by atoms with van der Waals surface area (Å²) < 4.78 is 5.49. The SMILES string of the molecule is Cc1ccc(OCC(=O)NCCCc2ccc(N3CCCCC3)cc2)cc1. The minimum absolute atomic E-state index is 0.0631. The fourth-order valence-corrected chi connectivity index (χ4v) is 3.38. The molecule has 4 nitrogen and oxygen atoms in total. The molecule has 0 saturated carbocycles. The Bertz CT molecular complexity index is 704. The van der Waals surface area contributed by atoms with Gasteiger partial charge in [-0.1, -0.05) is 29.8 Å². The van der Waals surface area contributed by atoms with Crippen LogP contribution in [-0.4, -0.2) is 32.1 Å². The monoisotopic (exact) mass is 366 g/mol. The fraction of sp³-hybridized carbons (Fsp3) is 0.435. The van der Waals surface area contributed by atoms with Crippen molar-refractivity contribution in [2.75, 3.05) is 31.1 Å². The molecule has 2 aromatic carbocycles. The van der Waals surface area contributed by atoms with E-state index in [1.807, 2.05) is 31.2 Å². The largest absolute Gasteiger partial charge is 0.484 e. The molecule has 0 radical (unpaired) electrons. The Balaban J connectivity index is 1.32. The van der Waals surface area contributed by atoms with E-state index < -0.39 is 0 Å². The minimum atomic E-state index is -0.0731. The second-order valence-corrected chi connectivity index (χ2v) is 7.27. The van der Waals surface area contributed by atoms with Gasteiger partial charge in [0.25, 0.3) is 5.91 Å². The zero-order valence-corrected chi connectivity index (χ0v) is 16.2. The fourth-order valence-electron chi connectivity index (χ4n) is 3.38. The third kappa shape index (κ3) is 6.31. The van der Waals surface area contributed by atoms with Crippen LogP contribution in [0.1, 0.15) is 36.8 Å². The second-order valence-electron chi connectivity index (χ2n) is 7.27. The molecule has 1 saturated heterocycles. The Kier molecular flexibility index (Phi) is 7.14. The van der Waals surface area contributed by atoms with Gasteiger partial charge in [0.2, 0.25) is 0 Å². The van der Waals surface area contributed by atoms with Crippen molar-refractivity contribution in [2.45, 2.75) is 39.0 Å². The minimum Gasteiger partial charge on any atom is -0.484 e. The number of carbonyl (C=O) groups is 1. The van der Waals surface area contributed by atoms with Crippen LogP contribution >= 0.6 is 0 Å². The van der Waals surface area contributed by atoms with E-state index in [-0.39, 0.29) is 12.5 Å². The van der Waals surface area contributed by atoms with Gasteiger partial charge in [0.15, 0.2) is 6.61 Å². The molecule has 0 unspecified atom stereocenters. The van der Waals surface area contributed by atoms with Gasteiger partial charge in [0.05, 0.1) is 0 Å². The smallest absolute Gasteiger partial charge is 0.257 e. The van der Waals surface area contributed by atoms with E-state index in [4.69, 9.17) is 4.74 Å². The number of nitrogens with zero attached hydrogens (tertiary/aromatic N) is 1. The summed E-state index contributed by atoms with van der Waals surface area (Å²) in [6.45, 7) is 5.11. The number of amides is 1. The molecular weight excluding hydrogens is 336 g/mol. The molecule has 4 heteroatoms. The molecule has 3 rings (SSSR count). The quantitative estimate of drug-likeness (QED) is 0.715. The predicted octanol–water partition coefficient (Wildman–Crippen LogP) is 4.11. The predicted molar refractivity (Wildman–Crippen MR) is 111 cm³/mol. The number of piperidine rings is 1. The van der Waals surface area contributed by atoms with E-state index in [0.29, 0.717) is 6.54 Å². The molecule has 1 aliphatic rings. The Labute approximate surface area is 162 Å². The van der Waals surface area contributed by atoms with Crippen molar-refractivity contribution in [1.29, 1.82) is 0 Å².